The first-order chi connectivity index (χ1) is 10.7. The van der Waals surface area contributed by atoms with Crippen LogP contribution in [-0.2, 0) is 0 Å². The molecular formula is C17H23FN4O. The monoisotopic (exact) mass is 318 g/mol. The maximum atomic E-state index is 14.0. The van der Waals surface area contributed by atoms with Crippen LogP contribution >= 0.6 is 0 Å². The van der Waals surface area contributed by atoms with Crippen LogP contribution in [0, 0.1) is 19.7 Å². The minimum Gasteiger partial charge on any atom is -0.375 e. The summed E-state index contributed by atoms with van der Waals surface area (Å²) >= 11 is 0. The third kappa shape index (κ3) is 3.36. The van der Waals surface area contributed by atoms with E-state index in [2.05, 4.69) is 10.4 Å². The number of amides is 1. The topological polar surface area (TPSA) is 50.2 Å². The van der Waals surface area contributed by atoms with E-state index in [1.54, 1.807) is 31.1 Å². The summed E-state index contributed by atoms with van der Waals surface area (Å²) in [6.07, 6.45) is 0. The minimum absolute atomic E-state index is 0.205. The molecule has 23 heavy (non-hydrogen) atoms. The van der Waals surface area contributed by atoms with Gasteiger partial charge in [0.05, 0.1) is 22.8 Å². The molecule has 2 aromatic rings. The third-order valence-corrected chi connectivity index (χ3v) is 3.74. The zero-order valence-corrected chi connectivity index (χ0v) is 14.4. The van der Waals surface area contributed by atoms with Gasteiger partial charge in [-0.1, -0.05) is 0 Å². The van der Waals surface area contributed by atoms with Crippen molar-refractivity contribution in [2.45, 2.75) is 33.7 Å². The molecule has 0 aliphatic heterocycles. The molecule has 0 saturated heterocycles. The van der Waals surface area contributed by atoms with Crippen LogP contribution in [0.1, 0.15) is 41.6 Å². The maximum Gasteiger partial charge on any atom is 0.255 e. The lowest BCUT2D eigenvalue weighted by atomic mass is 10.1. The van der Waals surface area contributed by atoms with Gasteiger partial charge >= 0.3 is 0 Å². The van der Waals surface area contributed by atoms with Crippen molar-refractivity contribution in [2.24, 2.45) is 0 Å². The molecule has 0 spiro atoms. The van der Waals surface area contributed by atoms with E-state index in [-0.39, 0.29) is 17.5 Å². The van der Waals surface area contributed by atoms with Crippen LogP contribution in [0.25, 0.3) is 0 Å². The normalized spacial score (nSPS) is 11.0. The predicted octanol–water partition coefficient (Wildman–Crippen LogP) is 3.54. The van der Waals surface area contributed by atoms with Crippen molar-refractivity contribution < 1.29 is 9.18 Å². The molecule has 6 heteroatoms. The van der Waals surface area contributed by atoms with Crippen LogP contribution in [-0.4, -0.2) is 29.8 Å². The molecule has 0 fully saturated rings. The fourth-order valence-electron chi connectivity index (χ4n) is 2.54. The molecule has 5 nitrogen and oxygen atoms in total. The molecule has 0 bridgehead atoms. The molecule has 1 amide bonds. The van der Waals surface area contributed by atoms with Gasteiger partial charge in [-0.15, -0.1) is 0 Å². The summed E-state index contributed by atoms with van der Waals surface area (Å²) in [5, 5.41) is 7.28. The average Bonchev–Trinajstić information content (AvgIpc) is 2.74. The van der Waals surface area contributed by atoms with Crippen LogP contribution in [0.2, 0.25) is 0 Å². The van der Waals surface area contributed by atoms with Gasteiger partial charge in [-0.2, -0.15) is 5.10 Å². The summed E-state index contributed by atoms with van der Waals surface area (Å²) in [7, 11) is 3.51. The number of rotatable bonds is 4. The maximum absolute atomic E-state index is 14.0. The molecule has 0 saturated carbocycles. The molecule has 2 rings (SSSR count). The number of hydrogen-bond acceptors (Lipinski definition) is 3. The van der Waals surface area contributed by atoms with Crippen molar-refractivity contribution in [3.63, 3.8) is 0 Å². The fraction of sp³-hybridized carbons (Fsp3) is 0.412. The predicted molar refractivity (Wildman–Crippen MR) is 90.8 cm³/mol. The van der Waals surface area contributed by atoms with E-state index < -0.39 is 5.82 Å². The Morgan fingerprint density at radius 3 is 2.43 bits per heavy atom. The number of benzene rings is 1. The van der Waals surface area contributed by atoms with Gasteiger partial charge in [0.25, 0.3) is 5.91 Å². The van der Waals surface area contributed by atoms with E-state index in [9.17, 15) is 9.18 Å². The fourth-order valence-corrected chi connectivity index (χ4v) is 2.54. The Bertz CT molecular complexity index is 734. The Hall–Kier alpha value is -2.37. The standard InChI is InChI=1S/C17H23FN4O/c1-10(2)22-12(4)16(11(3)20-22)19-17(23)13-7-8-15(21(5)6)14(18)9-13/h7-10H,1-6H3,(H,19,23). The van der Waals surface area contributed by atoms with Crippen LogP contribution in [0.4, 0.5) is 15.8 Å². The van der Waals surface area contributed by atoms with E-state index in [0.717, 1.165) is 11.4 Å². The lowest BCUT2D eigenvalue weighted by molar-refractivity contribution is 0.102. The summed E-state index contributed by atoms with van der Waals surface area (Å²) in [6, 6.07) is 4.67. The molecule has 124 valence electrons. The molecule has 0 aliphatic carbocycles. The second-order valence-corrected chi connectivity index (χ2v) is 6.10. The summed E-state index contributed by atoms with van der Waals surface area (Å²) in [5.74, 6) is -0.766. The Balaban J connectivity index is 2.28. The van der Waals surface area contributed by atoms with E-state index in [1.807, 2.05) is 32.4 Å². The zero-order chi connectivity index (χ0) is 17.3. The lowest BCUT2D eigenvalue weighted by Crippen LogP contribution is -2.15. The number of carbonyl (C=O) groups excluding carboxylic acids is 1. The quantitative estimate of drug-likeness (QED) is 0.938. The summed E-state index contributed by atoms with van der Waals surface area (Å²) < 4.78 is 15.9. The van der Waals surface area contributed by atoms with E-state index in [4.69, 9.17) is 0 Å². The van der Waals surface area contributed by atoms with E-state index in [0.29, 0.717) is 11.4 Å². The number of hydrogen-bond donors (Lipinski definition) is 1. The second kappa shape index (κ2) is 6.40. The number of nitrogens with one attached hydrogen (secondary N) is 1. The largest absolute Gasteiger partial charge is 0.375 e. The van der Waals surface area contributed by atoms with Crippen molar-refractivity contribution in [3.8, 4) is 0 Å². The number of halogens is 1. The van der Waals surface area contributed by atoms with Gasteiger partial charge in [-0.3, -0.25) is 9.48 Å². The molecule has 1 aromatic carbocycles. The highest BCUT2D eigenvalue weighted by molar-refractivity contribution is 6.05. The summed E-state index contributed by atoms with van der Waals surface area (Å²) in [5.41, 5.74) is 3.04. The van der Waals surface area contributed by atoms with Gasteiger partial charge in [0.1, 0.15) is 5.82 Å². The first-order valence-corrected chi connectivity index (χ1v) is 7.56. The van der Waals surface area contributed by atoms with Crippen molar-refractivity contribution in [2.75, 3.05) is 24.3 Å². The molecule has 0 radical (unpaired) electrons. The van der Waals surface area contributed by atoms with Gasteiger partial charge < -0.3 is 10.2 Å². The van der Waals surface area contributed by atoms with Crippen LogP contribution in [0.5, 0.6) is 0 Å². The van der Waals surface area contributed by atoms with Gasteiger partial charge in [-0.05, 0) is 45.9 Å². The highest BCUT2D eigenvalue weighted by Crippen LogP contribution is 2.24. The number of aryl methyl sites for hydroxylation is 1. The van der Waals surface area contributed by atoms with Gasteiger partial charge in [0.15, 0.2) is 0 Å². The molecule has 0 unspecified atom stereocenters. The molecule has 1 heterocycles. The third-order valence-electron chi connectivity index (χ3n) is 3.74. The number of anilines is 2. The molecular weight excluding hydrogens is 295 g/mol. The van der Waals surface area contributed by atoms with Crippen molar-refractivity contribution in [1.29, 1.82) is 0 Å². The number of carbonyl (C=O) groups is 1. The number of nitrogens with zero attached hydrogens (tertiary/aromatic N) is 3. The lowest BCUT2D eigenvalue weighted by Gasteiger charge is -2.14. The molecule has 0 aliphatic rings. The Kier molecular flexibility index (Phi) is 4.73. The second-order valence-electron chi connectivity index (χ2n) is 6.10. The van der Waals surface area contributed by atoms with Crippen LogP contribution < -0.4 is 10.2 Å². The first-order valence-electron chi connectivity index (χ1n) is 7.56. The van der Waals surface area contributed by atoms with Gasteiger partial charge in [0.2, 0.25) is 0 Å². The smallest absolute Gasteiger partial charge is 0.255 e. The minimum atomic E-state index is -0.422. The SMILES string of the molecule is Cc1nn(C(C)C)c(C)c1NC(=O)c1ccc(N(C)C)c(F)c1. The van der Waals surface area contributed by atoms with E-state index in [1.165, 1.54) is 6.07 Å². The van der Waals surface area contributed by atoms with Gasteiger partial charge in [-0.25, -0.2) is 4.39 Å². The zero-order valence-electron chi connectivity index (χ0n) is 14.4. The van der Waals surface area contributed by atoms with E-state index >= 15 is 0 Å². The Morgan fingerprint density at radius 1 is 1.30 bits per heavy atom. The Morgan fingerprint density at radius 2 is 1.96 bits per heavy atom. The average molecular weight is 318 g/mol. The van der Waals surface area contributed by atoms with Gasteiger partial charge in [0, 0.05) is 25.7 Å². The molecule has 0 atom stereocenters. The first kappa shape index (κ1) is 17.0. The van der Waals surface area contributed by atoms with Crippen LogP contribution in [0.15, 0.2) is 18.2 Å². The van der Waals surface area contributed by atoms with Crippen molar-refractivity contribution in [1.82, 2.24) is 9.78 Å². The number of aromatic nitrogens is 2. The van der Waals surface area contributed by atoms with Crippen LogP contribution in [0.3, 0.4) is 0 Å². The molecule has 1 aromatic heterocycles. The molecule has 1 N–H and O–H groups in total. The van der Waals surface area contributed by atoms with Crippen molar-refractivity contribution in [3.05, 3.63) is 41.0 Å². The highest BCUT2D eigenvalue weighted by atomic mass is 19.1. The highest BCUT2D eigenvalue weighted by Gasteiger charge is 2.17. The summed E-state index contributed by atoms with van der Waals surface area (Å²) in [4.78, 5) is 14.1. The Labute approximate surface area is 136 Å². The van der Waals surface area contributed by atoms with Crippen molar-refractivity contribution >= 4 is 17.3 Å². The summed E-state index contributed by atoms with van der Waals surface area (Å²) in [6.45, 7) is 7.81.